The van der Waals surface area contributed by atoms with Crippen LogP contribution in [0.5, 0.6) is 0 Å². The molecule has 122 valence electrons. The minimum absolute atomic E-state index is 0.0999. The lowest BCUT2D eigenvalue weighted by atomic mass is 9.93. The zero-order valence-corrected chi connectivity index (χ0v) is 13.7. The molecule has 2 rings (SSSR count). The predicted octanol–water partition coefficient (Wildman–Crippen LogP) is 2.37. The van der Waals surface area contributed by atoms with Gasteiger partial charge in [0.15, 0.2) is 0 Å². The maximum Gasteiger partial charge on any atom is 0.341 e. The zero-order valence-electron chi connectivity index (χ0n) is 13.7. The van der Waals surface area contributed by atoms with Crippen molar-refractivity contribution in [3.8, 4) is 0 Å². The fourth-order valence-electron chi connectivity index (χ4n) is 3.18. The average molecular weight is 306 g/mol. The molecule has 1 aliphatic heterocycles. The Kier molecular flexibility index (Phi) is 5.40. The molecule has 0 atom stereocenters. The summed E-state index contributed by atoms with van der Waals surface area (Å²) in [5.41, 5.74) is 0.0447. The Balaban J connectivity index is 1.97. The molecule has 0 unspecified atom stereocenters. The van der Waals surface area contributed by atoms with E-state index in [1.54, 1.807) is 23.8 Å². The molecule has 5 nitrogen and oxygen atoms in total. The minimum Gasteiger partial charge on any atom is -0.477 e. The molecule has 22 heavy (non-hydrogen) atoms. The molecular weight excluding hydrogens is 280 g/mol. The highest BCUT2D eigenvalue weighted by Gasteiger charge is 2.21. The molecule has 5 heteroatoms. The Morgan fingerprint density at radius 2 is 2.00 bits per heavy atom. The first-order chi connectivity index (χ1) is 10.4. The summed E-state index contributed by atoms with van der Waals surface area (Å²) in [6, 6.07) is 2.31. The van der Waals surface area contributed by atoms with Crippen LogP contribution < -0.4 is 5.56 Å². The molecule has 1 saturated heterocycles. The average Bonchev–Trinajstić information content (AvgIpc) is 2.46. The monoisotopic (exact) mass is 306 g/mol. The van der Waals surface area contributed by atoms with Crippen LogP contribution >= 0.6 is 0 Å². The number of likely N-dealkylation sites (tertiary alicyclic amines) is 1. The Bertz CT molecular complexity index is 584. The molecule has 0 aromatic carbocycles. The van der Waals surface area contributed by atoms with Gasteiger partial charge in [0.25, 0.3) is 5.56 Å². The van der Waals surface area contributed by atoms with Gasteiger partial charge in [0.1, 0.15) is 5.56 Å². The summed E-state index contributed by atoms with van der Waals surface area (Å²) in [7, 11) is 0. The van der Waals surface area contributed by atoms with Gasteiger partial charge in [0.05, 0.1) is 0 Å². The first-order valence-corrected chi connectivity index (χ1v) is 8.07. The number of hydrogen-bond donors (Lipinski definition) is 1. The lowest BCUT2D eigenvalue weighted by Crippen LogP contribution is -2.38. The highest BCUT2D eigenvalue weighted by atomic mass is 16.4. The highest BCUT2D eigenvalue weighted by Crippen LogP contribution is 2.22. The first-order valence-electron chi connectivity index (χ1n) is 8.07. The standard InChI is InChI=1S/C17H26N2O3/c1-12(2)18-9-5-14(6-10-18)7-11-19-8-4-13(3)15(16(19)20)17(21)22/h4,8,12,14H,5-7,9-11H2,1-3H3,(H,21,22). The van der Waals surface area contributed by atoms with E-state index in [-0.39, 0.29) is 11.1 Å². The number of aromatic carboxylic acids is 1. The third-order valence-electron chi connectivity index (χ3n) is 4.75. The van der Waals surface area contributed by atoms with E-state index < -0.39 is 5.97 Å². The number of carboxylic acids is 1. The smallest absolute Gasteiger partial charge is 0.341 e. The normalized spacial score (nSPS) is 17.1. The highest BCUT2D eigenvalue weighted by molar-refractivity contribution is 5.88. The number of nitrogens with zero attached hydrogens (tertiary/aromatic N) is 2. The van der Waals surface area contributed by atoms with Gasteiger partial charge in [0, 0.05) is 18.8 Å². The van der Waals surface area contributed by atoms with Crippen LogP contribution in [-0.4, -0.2) is 39.7 Å². The molecule has 1 aliphatic rings. The summed E-state index contributed by atoms with van der Waals surface area (Å²) >= 11 is 0. The van der Waals surface area contributed by atoms with Gasteiger partial charge in [-0.1, -0.05) is 0 Å². The molecule has 0 bridgehead atoms. The van der Waals surface area contributed by atoms with Crippen LogP contribution in [0.15, 0.2) is 17.1 Å². The van der Waals surface area contributed by atoms with Gasteiger partial charge in [-0.3, -0.25) is 4.79 Å². The predicted molar refractivity (Wildman–Crippen MR) is 86.4 cm³/mol. The van der Waals surface area contributed by atoms with Gasteiger partial charge in [-0.05, 0) is 70.7 Å². The Hall–Kier alpha value is -1.62. The van der Waals surface area contributed by atoms with E-state index in [2.05, 4.69) is 18.7 Å². The van der Waals surface area contributed by atoms with Crippen LogP contribution in [0.3, 0.4) is 0 Å². The number of hydrogen-bond acceptors (Lipinski definition) is 3. The SMILES string of the molecule is Cc1ccn(CCC2CCN(C(C)C)CC2)c(=O)c1C(=O)O. The van der Waals surface area contributed by atoms with Crippen molar-refractivity contribution < 1.29 is 9.90 Å². The molecule has 0 aliphatic carbocycles. The Morgan fingerprint density at radius 1 is 1.36 bits per heavy atom. The van der Waals surface area contributed by atoms with Crippen molar-refractivity contribution in [2.75, 3.05) is 13.1 Å². The van der Waals surface area contributed by atoms with Crippen molar-refractivity contribution in [2.24, 2.45) is 5.92 Å². The van der Waals surface area contributed by atoms with Crippen LogP contribution in [0, 0.1) is 12.8 Å². The Morgan fingerprint density at radius 3 is 2.55 bits per heavy atom. The van der Waals surface area contributed by atoms with E-state index in [9.17, 15) is 9.59 Å². The zero-order chi connectivity index (χ0) is 16.3. The third-order valence-corrected chi connectivity index (χ3v) is 4.75. The molecule has 1 fully saturated rings. The number of piperidine rings is 1. The molecular formula is C17H26N2O3. The van der Waals surface area contributed by atoms with Crippen molar-refractivity contribution in [1.29, 1.82) is 0 Å². The number of pyridine rings is 1. The number of aryl methyl sites for hydroxylation is 2. The van der Waals surface area contributed by atoms with Crippen LogP contribution in [0.25, 0.3) is 0 Å². The molecule has 0 amide bonds. The maximum atomic E-state index is 12.2. The Labute approximate surface area is 131 Å². The topological polar surface area (TPSA) is 62.5 Å². The second-order valence-corrected chi connectivity index (χ2v) is 6.54. The molecule has 1 aromatic rings. The number of rotatable bonds is 5. The van der Waals surface area contributed by atoms with Crippen molar-refractivity contribution in [1.82, 2.24) is 9.47 Å². The summed E-state index contributed by atoms with van der Waals surface area (Å²) in [5.74, 6) is -0.515. The summed E-state index contributed by atoms with van der Waals surface area (Å²) in [4.78, 5) is 25.9. The summed E-state index contributed by atoms with van der Waals surface area (Å²) < 4.78 is 1.55. The van der Waals surface area contributed by atoms with Crippen molar-refractivity contribution in [3.63, 3.8) is 0 Å². The van der Waals surface area contributed by atoms with E-state index in [0.717, 1.165) is 32.4 Å². The van der Waals surface area contributed by atoms with Gasteiger partial charge < -0.3 is 14.6 Å². The van der Waals surface area contributed by atoms with Crippen molar-refractivity contribution >= 4 is 5.97 Å². The van der Waals surface area contributed by atoms with Crippen LogP contribution in [-0.2, 0) is 6.54 Å². The van der Waals surface area contributed by atoms with E-state index in [1.807, 2.05) is 0 Å². The van der Waals surface area contributed by atoms with Crippen LogP contribution in [0.2, 0.25) is 0 Å². The van der Waals surface area contributed by atoms with Gasteiger partial charge in [-0.2, -0.15) is 0 Å². The molecule has 2 heterocycles. The van der Waals surface area contributed by atoms with E-state index in [4.69, 9.17) is 5.11 Å². The largest absolute Gasteiger partial charge is 0.477 e. The second kappa shape index (κ2) is 7.09. The molecule has 1 N–H and O–H groups in total. The van der Waals surface area contributed by atoms with Crippen molar-refractivity contribution in [2.45, 2.75) is 52.6 Å². The second-order valence-electron chi connectivity index (χ2n) is 6.54. The van der Waals surface area contributed by atoms with Crippen molar-refractivity contribution in [3.05, 3.63) is 33.7 Å². The third kappa shape index (κ3) is 3.77. The number of aromatic nitrogens is 1. The van der Waals surface area contributed by atoms with E-state index in [0.29, 0.717) is 24.1 Å². The number of carbonyl (C=O) groups is 1. The molecule has 1 aromatic heterocycles. The lowest BCUT2D eigenvalue weighted by Gasteiger charge is -2.34. The quantitative estimate of drug-likeness (QED) is 0.907. The summed E-state index contributed by atoms with van der Waals surface area (Å²) in [6.45, 7) is 8.94. The van der Waals surface area contributed by atoms with Gasteiger partial charge in [0.2, 0.25) is 0 Å². The fourth-order valence-corrected chi connectivity index (χ4v) is 3.18. The van der Waals surface area contributed by atoms with Crippen LogP contribution in [0.1, 0.15) is 49.0 Å². The molecule has 0 radical (unpaired) electrons. The minimum atomic E-state index is -1.14. The summed E-state index contributed by atoms with van der Waals surface area (Å²) in [5, 5.41) is 9.15. The van der Waals surface area contributed by atoms with E-state index >= 15 is 0 Å². The van der Waals surface area contributed by atoms with E-state index in [1.165, 1.54) is 0 Å². The first kappa shape index (κ1) is 16.7. The number of carboxylic acid groups (broad SMARTS) is 1. The van der Waals surface area contributed by atoms with Crippen LogP contribution in [0.4, 0.5) is 0 Å². The maximum absolute atomic E-state index is 12.2. The van der Waals surface area contributed by atoms with Gasteiger partial charge in [-0.15, -0.1) is 0 Å². The van der Waals surface area contributed by atoms with Gasteiger partial charge >= 0.3 is 5.97 Å². The lowest BCUT2D eigenvalue weighted by molar-refractivity contribution is 0.0693. The molecule has 0 saturated carbocycles. The summed E-state index contributed by atoms with van der Waals surface area (Å²) in [6.07, 6.45) is 4.97. The fraction of sp³-hybridized carbons (Fsp3) is 0.647. The molecule has 0 spiro atoms. The van der Waals surface area contributed by atoms with Gasteiger partial charge in [-0.25, -0.2) is 4.79 Å².